The SMILES string of the molecule is C[C@@H]1c2cc(Cl)c(Cl)cc2CCN1C(=O)OC(C)(C)C. The maximum Gasteiger partial charge on any atom is 0.410 e. The molecule has 2 rings (SSSR count). The monoisotopic (exact) mass is 315 g/mol. The minimum absolute atomic E-state index is 0.0663. The molecule has 0 bridgehead atoms. The highest BCUT2D eigenvalue weighted by molar-refractivity contribution is 6.42. The third-order valence-corrected chi connectivity index (χ3v) is 4.07. The van der Waals surface area contributed by atoms with Crippen LogP contribution < -0.4 is 0 Å². The van der Waals surface area contributed by atoms with Gasteiger partial charge in [-0.25, -0.2) is 4.79 Å². The topological polar surface area (TPSA) is 29.5 Å². The average molecular weight is 316 g/mol. The van der Waals surface area contributed by atoms with Crippen LogP contribution in [0.1, 0.15) is 44.9 Å². The van der Waals surface area contributed by atoms with E-state index in [1.807, 2.05) is 39.8 Å². The number of fused-ring (bicyclic) bond motifs is 1. The fourth-order valence-electron chi connectivity index (χ4n) is 2.38. The summed E-state index contributed by atoms with van der Waals surface area (Å²) in [5.74, 6) is 0. The molecule has 5 heteroatoms. The second-order valence-corrected chi connectivity index (χ2v) is 6.88. The lowest BCUT2D eigenvalue weighted by molar-refractivity contribution is 0.0160. The molecule has 1 aromatic rings. The van der Waals surface area contributed by atoms with Gasteiger partial charge in [0.1, 0.15) is 5.60 Å². The van der Waals surface area contributed by atoms with Crippen LogP contribution in [0.4, 0.5) is 4.79 Å². The van der Waals surface area contributed by atoms with Gasteiger partial charge in [0, 0.05) is 6.54 Å². The molecule has 20 heavy (non-hydrogen) atoms. The fraction of sp³-hybridized carbons (Fsp3) is 0.533. The normalized spacial score (nSPS) is 18.7. The van der Waals surface area contributed by atoms with Crippen LogP contribution in [0.15, 0.2) is 12.1 Å². The van der Waals surface area contributed by atoms with Crippen LogP contribution in [0.25, 0.3) is 0 Å². The Labute approximate surface area is 129 Å². The molecular weight excluding hydrogens is 297 g/mol. The molecule has 0 unspecified atom stereocenters. The van der Waals surface area contributed by atoms with Crippen LogP contribution in [-0.4, -0.2) is 23.1 Å². The first-order valence-electron chi connectivity index (χ1n) is 6.66. The summed E-state index contributed by atoms with van der Waals surface area (Å²) in [6, 6.07) is 3.67. The second-order valence-electron chi connectivity index (χ2n) is 6.06. The van der Waals surface area contributed by atoms with Crippen molar-refractivity contribution in [2.75, 3.05) is 6.54 Å². The van der Waals surface area contributed by atoms with Crippen LogP contribution in [-0.2, 0) is 11.2 Å². The summed E-state index contributed by atoms with van der Waals surface area (Å²) in [6.07, 6.45) is 0.470. The van der Waals surface area contributed by atoms with Crippen LogP contribution >= 0.6 is 23.2 Å². The largest absolute Gasteiger partial charge is 0.444 e. The van der Waals surface area contributed by atoms with E-state index in [-0.39, 0.29) is 12.1 Å². The molecule has 0 aromatic heterocycles. The molecule has 0 saturated carbocycles. The summed E-state index contributed by atoms with van der Waals surface area (Å²) in [7, 11) is 0. The molecule has 0 N–H and O–H groups in total. The molecule has 1 amide bonds. The van der Waals surface area contributed by atoms with Crippen molar-refractivity contribution in [3.63, 3.8) is 0 Å². The Hall–Kier alpha value is -0.930. The molecule has 3 nitrogen and oxygen atoms in total. The summed E-state index contributed by atoms with van der Waals surface area (Å²) in [6.45, 7) is 8.20. The van der Waals surface area contributed by atoms with E-state index >= 15 is 0 Å². The van der Waals surface area contributed by atoms with Gasteiger partial charge in [-0.2, -0.15) is 0 Å². The first kappa shape index (κ1) is 15.5. The minimum atomic E-state index is -0.491. The zero-order valence-electron chi connectivity index (χ0n) is 12.2. The Kier molecular flexibility index (Phi) is 4.22. The van der Waals surface area contributed by atoms with Gasteiger partial charge in [-0.05, 0) is 57.4 Å². The molecule has 0 radical (unpaired) electrons. The highest BCUT2D eigenvalue weighted by Crippen LogP contribution is 2.35. The number of ether oxygens (including phenoxy) is 1. The number of halogens is 2. The lowest BCUT2D eigenvalue weighted by Gasteiger charge is -2.36. The van der Waals surface area contributed by atoms with Crippen molar-refractivity contribution in [2.45, 2.75) is 45.8 Å². The number of nitrogens with zero attached hydrogens (tertiary/aromatic N) is 1. The molecule has 1 aromatic carbocycles. The number of benzene rings is 1. The molecule has 1 aliphatic rings. The van der Waals surface area contributed by atoms with Crippen LogP contribution in [0.5, 0.6) is 0 Å². The van der Waals surface area contributed by atoms with Crippen LogP contribution in [0.2, 0.25) is 10.0 Å². The van der Waals surface area contributed by atoms with Gasteiger partial charge in [-0.15, -0.1) is 0 Å². The Morgan fingerprint density at radius 1 is 1.30 bits per heavy atom. The molecule has 0 aliphatic carbocycles. The number of hydrogen-bond donors (Lipinski definition) is 0. The summed E-state index contributed by atoms with van der Waals surface area (Å²) in [5, 5.41) is 1.08. The van der Waals surface area contributed by atoms with Crippen LogP contribution in [0, 0.1) is 0 Å². The molecular formula is C15H19Cl2NO2. The maximum absolute atomic E-state index is 12.2. The minimum Gasteiger partial charge on any atom is -0.444 e. The maximum atomic E-state index is 12.2. The van der Waals surface area contributed by atoms with E-state index in [2.05, 4.69) is 0 Å². The molecule has 0 saturated heterocycles. The van der Waals surface area contributed by atoms with Gasteiger partial charge >= 0.3 is 6.09 Å². The highest BCUT2D eigenvalue weighted by Gasteiger charge is 2.31. The summed E-state index contributed by atoms with van der Waals surface area (Å²) < 4.78 is 5.44. The van der Waals surface area contributed by atoms with E-state index in [1.165, 1.54) is 0 Å². The van der Waals surface area contributed by atoms with Crippen molar-refractivity contribution < 1.29 is 9.53 Å². The molecule has 110 valence electrons. The van der Waals surface area contributed by atoms with Crippen molar-refractivity contribution in [3.05, 3.63) is 33.3 Å². The van der Waals surface area contributed by atoms with Crippen molar-refractivity contribution in [1.29, 1.82) is 0 Å². The van der Waals surface area contributed by atoms with Gasteiger partial charge in [0.2, 0.25) is 0 Å². The predicted octanol–water partition coefficient (Wildman–Crippen LogP) is 4.85. The Balaban J connectivity index is 2.25. The first-order valence-corrected chi connectivity index (χ1v) is 7.42. The number of rotatable bonds is 0. The quantitative estimate of drug-likeness (QED) is 0.685. The molecule has 1 heterocycles. The Bertz CT molecular complexity index is 537. The summed E-state index contributed by atoms with van der Waals surface area (Å²) in [5.41, 5.74) is 1.69. The Morgan fingerprint density at radius 3 is 2.50 bits per heavy atom. The zero-order valence-corrected chi connectivity index (χ0v) is 13.7. The van der Waals surface area contributed by atoms with Crippen molar-refractivity contribution >= 4 is 29.3 Å². The van der Waals surface area contributed by atoms with Gasteiger partial charge in [-0.1, -0.05) is 23.2 Å². The van der Waals surface area contributed by atoms with Gasteiger partial charge < -0.3 is 9.64 Å². The van der Waals surface area contributed by atoms with E-state index in [4.69, 9.17) is 27.9 Å². The van der Waals surface area contributed by atoms with Gasteiger partial charge in [0.25, 0.3) is 0 Å². The third kappa shape index (κ3) is 3.21. The number of carbonyl (C=O) groups is 1. The molecule has 1 atom stereocenters. The van der Waals surface area contributed by atoms with E-state index < -0.39 is 5.60 Å². The number of carbonyl (C=O) groups excluding carboxylic acids is 1. The highest BCUT2D eigenvalue weighted by atomic mass is 35.5. The first-order chi connectivity index (χ1) is 9.19. The molecule has 1 aliphatic heterocycles. The van der Waals surface area contributed by atoms with Crippen molar-refractivity contribution in [2.24, 2.45) is 0 Å². The van der Waals surface area contributed by atoms with Crippen LogP contribution in [0.3, 0.4) is 0 Å². The fourth-order valence-corrected chi connectivity index (χ4v) is 2.74. The standard InChI is InChI=1S/C15H19Cl2NO2/c1-9-11-8-13(17)12(16)7-10(11)5-6-18(9)14(19)20-15(2,3)4/h7-9H,5-6H2,1-4H3/t9-/m1/s1. The van der Waals surface area contributed by atoms with E-state index in [1.54, 1.807) is 4.90 Å². The average Bonchev–Trinajstić information content (AvgIpc) is 2.30. The summed E-state index contributed by atoms with van der Waals surface area (Å²) in [4.78, 5) is 14.0. The lowest BCUT2D eigenvalue weighted by atomic mass is 9.94. The number of hydrogen-bond acceptors (Lipinski definition) is 2. The van der Waals surface area contributed by atoms with E-state index in [9.17, 15) is 4.79 Å². The van der Waals surface area contributed by atoms with Gasteiger partial charge in [0.15, 0.2) is 0 Å². The lowest BCUT2D eigenvalue weighted by Crippen LogP contribution is -2.42. The molecule has 0 fully saturated rings. The van der Waals surface area contributed by atoms with Crippen molar-refractivity contribution in [3.8, 4) is 0 Å². The second kappa shape index (κ2) is 5.45. The predicted molar refractivity (Wildman–Crippen MR) is 81.5 cm³/mol. The van der Waals surface area contributed by atoms with E-state index in [0.29, 0.717) is 16.6 Å². The third-order valence-electron chi connectivity index (χ3n) is 3.35. The van der Waals surface area contributed by atoms with Gasteiger partial charge in [-0.3, -0.25) is 0 Å². The zero-order chi connectivity index (χ0) is 15.1. The van der Waals surface area contributed by atoms with Crippen molar-refractivity contribution in [1.82, 2.24) is 4.90 Å². The van der Waals surface area contributed by atoms with E-state index in [0.717, 1.165) is 17.5 Å². The number of amides is 1. The molecule has 0 spiro atoms. The van der Waals surface area contributed by atoms with Gasteiger partial charge in [0.05, 0.1) is 16.1 Å². The summed E-state index contributed by atoms with van der Waals surface area (Å²) >= 11 is 12.1. The smallest absolute Gasteiger partial charge is 0.410 e. The Morgan fingerprint density at radius 2 is 1.90 bits per heavy atom.